The average molecular weight is 244 g/mol. The van der Waals surface area contributed by atoms with E-state index in [-0.39, 0.29) is 30.7 Å². The summed E-state index contributed by atoms with van der Waals surface area (Å²) in [5.41, 5.74) is 0. The average Bonchev–Trinajstić information content (AvgIpc) is 2.15. The molecule has 0 aromatic carbocycles. The van der Waals surface area contributed by atoms with Crippen molar-refractivity contribution < 1.29 is 19.5 Å². The molecule has 0 heterocycles. The van der Waals surface area contributed by atoms with Gasteiger partial charge >= 0.3 is 5.97 Å². The molecule has 0 saturated heterocycles. The number of carbonyl (C=O) groups excluding carboxylic acids is 2. The van der Waals surface area contributed by atoms with Crippen LogP contribution >= 0.6 is 0 Å². The van der Waals surface area contributed by atoms with Gasteiger partial charge in [0.25, 0.3) is 0 Å². The molecule has 0 aliphatic heterocycles. The number of hydrogen-bond donors (Lipinski definition) is 3. The van der Waals surface area contributed by atoms with Gasteiger partial charge in [-0.3, -0.25) is 9.59 Å². The Morgan fingerprint density at radius 1 is 1.24 bits per heavy atom. The van der Waals surface area contributed by atoms with E-state index in [0.29, 0.717) is 6.42 Å². The number of nitrogens with one attached hydrogen (secondary N) is 2. The van der Waals surface area contributed by atoms with E-state index in [2.05, 4.69) is 10.6 Å². The van der Waals surface area contributed by atoms with Crippen LogP contribution in [0, 0.1) is 5.92 Å². The molecule has 0 spiro atoms. The van der Waals surface area contributed by atoms with Gasteiger partial charge in [0.15, 0.2) is 0 Å². The Balaban J connectivity index is 4.04. The van der Waals surface area contributed by atoms with Gasteiger partial charge in [-0.2, -0.15) is 0 Å². The standard InChI is InChI=1S/C11H20N2O4/c1-7(2)6-9(11(16)17)13-10(15)4-5-12-8(3)14/h7,9H,4-6H2,1-3H3,(H,12,14)(H,13,15)(H,16,17)/t9-/m1/s1. The van der Waals surface area contributed by atoms with E-state index in [1.54, 1.807) is 0 Å². The molecular formula is C11H20N2O4. The second-order valence-electron chi connectivity index (χ2n) is 4.32. The topological polar surface area (TPSA) is 95.5 Å². The summed E-state index contributed by atoms with van der Waals surface area (Å²) < 4.78 is 0. The lowest BCUT2D eigenvalue weighted by Gasteiger charge is -2.16. The molecule has 0 aromatic heterocycles. The van der Waals surface area contributed by atoms with Crippen LogP contribution in [0.2, 0.25) is 0 Å². The van der Waals surface area contributed by atoms with Crippen molar-refractivity contribution in [1.82, 2.24) is 10.6 Å². The van der Waals surface area contributed by atoms with Gasteiger partial charge in [-0.15, -0.1) is 0 Å². The van der Waals surface area contributed by atoms with E-state index in [9.17, 15) is 14.4 Å². The van der Waals surface area contributed by atoms with E-state index >= 15 is 0 Å². The Bertz CT molecular complexity index is 289. The largest absolute Gasteiger partial charge is 0.480 e. The van der Waals surface area contributed by atoms with Crippen LogP contribution in [-0.4, -0.2) is 35.5 Å². The summed E-state index contributed by atoms with van der Waals surface area (Å²) in [6.07, 6.45) is 0.475. The molecule has 6 heteroatoms. The number of carboxylic acid groups (broad SMARTS) is 1. The monoisotopic (exact) mass is 244 g/mol. The van der Waals surface area contributed by atoms with E-state index in [4.69, 9.17) is 5.11 Å². The normalized spacial score (nSPS) is 12.0. The molecule has 0 aliphatic rings. The van der Waals surface area contributed by atoms with E-state index < -0.39 is 12.0 Å². The van der Waals surface area contributed by atoms with Gasteiger partial charge in [-0.05, 0) is 12.3 Å². The zero-order chi connectivity index (χ0) is 13.4. The van der Waals surface area contributed by atoms with Gasteiger partial charge in [0.1, 0.15) is 6.04 Å². The second kappa shape index (κ2) is 7.65. The molecule has 2 amide bonds. The predicted octanol–water partition coefficient (Wildman–Crippen LogP) is 0.128. The molecule has 1 atom stereocenters. The summed E-state index contributed by atoms with van der Waals surface area (Å²) in [5, 5.41) is 13.8. The highest BCUT2D eigenvalue weighted by Crippen LogP contribution is 2.05. The molecule has 0 rings (SSSR count). The fourth-order valence-corrected chi connectivity index (χ4v) is 1.31. The Hall–Kier alpha value is -1.59. The van der Waals surface area contributed by atoms with Crippen LogP contribution < -0.4 is 10.6 Å². The van der Waals surface area contributed by atoms with Crippen molar-refractivity contribution in [2.75, 3.05) is 6.54 Å². The van der Waals surface area contributed by atoms with Crippen molar-refractivity contribution >= 4 is 17.8 Å². The van der Waals surface area contributed by atoms with Crippen molar-refractivity contribution in [2.24, 2.45) is 5.92 Å². The van der Waals surface area contributed by atoms with Crippen LogP contribution in [0.25, 0.3) is 0 Å². The third-order valence-corrected chi connectivity index (χ3v) is 2.07. The number of hydrogen-bond acceptors (Lipinski definition) is 3. The zero-order valence-corrected chi connectivity index (χ0v) is 10.4. The molecule has 3 N–H and O–H groups in total. The Morgan fingerprint density at radius 2 is 1.82 bits per heavy atom. The molecule has 6 nitrogen and oxygen atoms in total. The van der Waals surface area contributed by atoms with Gasteiger partial charge in [-0.1, -0.05) is 13.8 Å². The highest BCUT2D eigenvalue weighted by molar-refractivity contribution is 5.84. The van der Waals surface area contributed by atoms with Gasteiger partial charge < -0.3 is 15.7 Å². The minimum Gasteiger partial charge on any atom is -0.480 e. The maximum atomic E-state index is 11.4. The third-order valence-electron chi connectivity index (χ3n) is 2.07. The maximum Gasteiger partial charge on any atom is 0.326 e. The van der Waals surface area contributed by atoms with Gasteiger partial charge in [0.05, 0.1) is 0 Å². The highest BCUT2D eigenvalue weighted by Gasteiger charge is 2.20. The predicted molar refractivity (Wildman–Crippen MR) is 62.3 cm³/mol. The van der Waals surface area contributed by atoms with Gasteiger partial charge in [0, 0.05) is 19.9 Å². The zero-order valence-electron chi connectivity index (χ0n) is 10.4. The smallest absolute Gasteiger partial charge is 0.326 e. The molecule has 0 radical (unpaired) electrons. The summed E-state index contributed by atoms with van der Waals surface area (Å²) in [6, 6.07) is -0.861. The van der Waals surface area contributed by atoms with E-state index in [1.165, 1.54) is 6.92 Å². The summed E-state index contributed by atoms with van der Waals surface area (Å²) in [7, 11) is 0. The molecule has 0 aliphatic carbocycles. The van der Waals surface area contributed by atoms with Crippen LogP contribution in [0.15, 0.2) is 0 Å². The van der Waals surface area contributed by atoms with Crippen molar-refractivity contribution in [3.05, 3.63) is 0 Å². The van der Waals surface area contributed by atoms with Crippen molar-refractivity contribution in [1.29, 1.82) is 0 Å². The summed E-state index contributed by atoms with van der Waals surface area (Å²) in [6.45, 7) is 5.35. The first-order valence-corrected chi connectivity index (χ1v) is 5.59. The number of aliphatic carboxylic acids is 1. The summed E-state index contributed by atoms with van der Waals surface area (Å²) in [4.78, 5) is 32.8. The lowest BCUT2D eigenvalue weighted by atomic mass is 10.0. The number of amides is 2. The van der Waals surface area contributed by atoms with Gasteiger partial charge in [-0.25, -0.2) is 4.79 Å². The third kappa shape index (κ3) is 8.24. The fraction of sp³-hybridized carbons (Fsp3) is 0.727. The molecule has 0 saturated carbocycles. The van der Waals surface area contributed by atoms with Crippen LogP contribution in [0.4, 0.5) is 0 Å². The van der Waals surface area contributed by atoms with Crippen molar-refractivity contribution in [3.8, 4) is 0 Å². The molecular weight excluding hydrogens is 224 g/mol. The second-order valence-corrected chi connectivity index (χ2v) is 4.32. The molecule has 0 bridgehead atoms. The van der Waals surface area contributed by atoms with Crippen LogP contribution in [-0.2, 0) is 14.4 Å². The summed E-state index contributed by atoms with van der Waals surface area (Å²) >= 11 is 0. The van der Waals surface area contributed by atoms with Gasteiger partial charge in [0.2, 0.25) is 11.8 Å². The Morgan fingerprint density at radius 3 is 2.24 bits per heavy atom. The molecule has 0 aromatic rings. The summed E-state index contributed by atoms with van der Waals surface area (Å²) in [5.74, 6) is -1.43. The maximum absolute atomic E-state index is 11.4. The lowest BCUT2D eigenvalue weighted by molar-refractivity contribution is -0.142. The minimum absolute atomic E-state index is 0.0848. The van der Waals surface area contributed by atoms with Crippen molar-refractivity contribution in [2.45, 2.75) is 39.7 Å². The SMILES string of the molecule is CC(=O)NCCC(=O)N[C@H](CC(C)C)C(=O)O. The fourth-order valence-electron chi connectivity index (χ4n) is 1.31. The lowest BCUT2D eigenvalue weighted by Crippen LogP contribution is -2.42. The number of carbonyl (C=O) groups is 3. The Kier molecular flexibility index (Phi) is 6.93. The van der Waals surface area contributed by atoms with Crippen molar-refractivity contribution in [3.63, 3.8) is 0 Å². The molecule has 0 fully saturated rings. The van der Waals surface area contributed by atoms with E-state index in [1.807, 2.05) is 13.8 Å². The van der Waals surface area contributed by atoms with Crippen LogP contribution in [0.3, 0.4) is 0 Å². The number of carboxylic acids is 1. The first kappa shape index (κ1) is 15.4. The highest BCUT2D eigenvalue weighted by atomic mass is 16.4. The molecule has 98 valence electrons. The first-order chi connectivity index (χ1) is 7.82. The van der Waals surface area contributed by atoms with Crippen LogP contribution in [0.5, 0.6) is 0 Å². The quantitative estimate of drug-likeness (QED) is 0.593. The number of rotatable bonds is 7. The van der Waals surface area contributed by atoms with E-state index in [0.717, 1.165) is 0 Å². The van der Waals surface area contributed by atoms with Crippen LogP contribution in [0.1, 0.15) is 33.6 Å². The Labute approximate surface area is 101 Å². The minimum atomic E-state index is -1.04. The molecule has 17 heavy (non-hydrogen) atoms. The molecule has 0 unspecified atom stereocenters. The first-order valence-electron chi connectivity index (χ1n) is 5.59.